The molecule has 0 heterocycles. The molecule has 0 aliphatic rings. The summed E-state index contributed by atoms with van der Waals surface area (Å²) in [5, 5.41) is 34.4. The Labute approximate surface area is 107 Å². The summed E-state index contributed by atoms with van der Waals surface area (Å²) in [6, 6.07) is 0. The Bertz CT molecular complexity index is 311. The van der Waals surface area contributed by atoms with Crippen LogP contribution in [0.1, 0.15) is 0 Å². The van der Waals surface area contributed by atoms with Crippen LogP contribution in [0, 0.1) is 0 Å². The molecule has 0 amide bonds. The van der Waals surface area contributed by atoms with Crippen molar-refractivity contribution in [2.24, 2.45) is 0 Å². The number of aliphatic hydroxyl groups excluding tert-OH is 2. The molecule has 0 atom stereocenters. The SMILES string of the molecule is O=C(O)CNCP(=O)(O)O.O=C(O)OC(CO)CO. The van der Waals surface area contributed by atoms with Crippen LogP contribution in [-0.2, 0) is 14.1 Å². The van der Waals surface area contributed by atoms with E-state index in [0.717, 1.165) is 0 Å². The van der Waals surface area contributed by atoms with Gasteiger partial charge in [0.05, 0.1) is 26.0 Å². The maximum absolute atomic E-state index is 10.1. The maximum atomic E-state index is 10.1. The lowest BCUT2D eigenvalue weighted by Crippen LogP contribution is -2.24. The van der Waals surface area contributed by atoms with Gasteiger partial charge in [-0.05, 0) is 0 Å². The molecule has 0 unspecified atom stereocenters. The number of aliphatic carboxylic acids is 1. The lowest BCUT2D eigenvalue weighted by molar-refractivity contribution is -0.135. The quantitative estimate of drug-likeness (QED) is 0.200. The van der Waals surface area contributed by atoms with E-state index < -0.39 is 51.9 Å². The van der Waals surface area contributed by atoms with Crippen LogP contribution in [0.5, 0.6) is 0 Å². The fraction of sp³-hybridized carbons (Fsp3) is 0.714. The molecule has 0 aromatic heterocycles. The van der Waals surface area contributed by atoms with Crippen molar-refractivity contribution in [1.29, 1.82) is 0 Å². The molecule has 0 radical (unpaired) electrons. The summed E-state index contributed by atoms with van der Waals surface area (Å²) >= 11 is 0. The third kappa shape index (κ3) is 19.3. The van der Waals surface area contributed by atoms with Crippen LogP contribution in [0.3, 0.4) is 0 Å². The van der Waals surface area contributed by atoms with Gasteiger partial charge in [0.25, 0.3) is 0 Å². The topological polar surface area (TPSA) is 194 Å². The monoisotopic (exact) mass is 305 g/mol. The molecule has 0 rings (SSSR count). The molecule has 11 nitrogen and oxygen atoms in total. The number of carboxylic acids is 1. The maximum Gasteiger partial charge on any atom is 0.506 e. The van der Waals surface area contributed by atoms with Crippen LogP contribution in [0.2, 0.25) is 0 Å². The van der Waals surface area contributed by atoms with E-state index in [2.05, 4.69) is 10.1 Å². The van der Waals surface area contributed by atoms with Gasteiger partial charge in [0.1, 0.15) is 0 Å². The smallest absolute Gasteiger partial charge is 0.480 e. The van der Waals surface area contributed by atoms with Gasteiger partial charge in [0.2, 0.25) is 0 Å². The minimum atomic E-state index is -4.10. The van der Waals surface area contributed by atoms with Crippen molar-refractivity contribution < 1.29 is 49.1 Å². The van der Waals surface area contributed by atoms with Gasteiger partial charge < -0.3 is 34.9 Å². The van der Waals surface area contributed by atoms with Crippen molar-refractivity contribution in [2.45, 2.75) is 6.10 Å². The fourth-order valence-electron chi connectivity index (χ4n) is 0.583. The molecule has 0 saturated carbocycles. The molecule has 0 spiro atoms. The standard InChI is InChI=1S/C4H8O5.C3H8NO5P/c5-1-3(2-6)9-4(7)8;5-3(6)1-4-2-10(7,8)9/h3,5-6H,1-2H2,(H,7,8);4H,1-2H2,(H,5,6)(H2,7,8,9). The number of carboxylic acid groups (broad SMARTS) is 2. The number of aliphatic hydroxyl groups is 2. The van der Waals surface area contributed by atoms with Gasteiger partial charge in [-0.3, -0.25) is 14.7 Å². The van der Waals surface area contributed by atoms with Gasteiger partial charge >= 0.3 is 19.7 Å². The Kier molecular flexibility index (Phi) is 11.3. The van der Waals surface area contributed by atoms with Gasteiger partial charge in [0, 0.05) is 0 Å². The van der Waals surface area contributed by atoms with Crippen molar-refractivity contribution in [2.75, 3.05) is 26.0 Å². The average molecular weight is 305 g/mol. The van der Waals surface area contributed by atoms with E-state index in [9.17, 15) is 14.2 Å². The zero-order chi connectivity index (χ0) is 15.5. The minimum Gasteiger partial charge on any atom is -0.480 e. The van der Waals surface area contributed by atoms with Gasteiger partial charge in [-0.2, -0.15) is 0 Å². The van der Waals surface area contributed by atoms with Gasteiger partial charge in [0.15, 0.2) is 6.10 Å². The summed E-state index contributed by atoms with van der Waals surface area (Å²) in [4.78, 5) is 35.8. The first kappa shape index (κ1) is 20.1. The highest BCUT2D eigenvalue weighted by atomic mass is 31.2. The number of ether oxygens (including phenoxy) is 1. The molecule has 0 aromatic rings. The molecule has 0 bridgehead atoms. The summed E-state index contributed by atoms with van der Waals surface area (Å²) < 4.78 is 14.0. The molecule has 0 aliphatic carbocycles. The van der Waals surface area contributed by atoms with E-state index in [1.165, 1.54) is 0 Å². The minimum absolute atomic E-state index is 0.439. The Morgan fingerprint density at radius 3 is 1.84 bits per heavy atom. The van der Waals surface area contributed by atoms with E-state index in [1.54, 1.807) is 0 Å². The highest BCUT2D eigenvalue weighted by Gasteiger charge is 2.11. The molecule has 0 aliphatic heterocycles. The molecular formula is C7H16NO10P. The first-order valence-corrected chi connectivity index (χ1v) is 6.50. The van der Waals surface area contributed by atoms with Crippen LogP contribution >= 0.6 is 7.60 Å². The molecule has 19 heavy (non-hydrogen) atoms. The highest BCUT2D eigenvalue weighted by Crippen LogP contribution is 2.31. The Morgan fingerprint density at radius 1 is 1.16 bits per heavy atom. The first-order valence-electron chi connectivity index (χ1n) is 4.70. The third-order valence-electron chi connectivity index (χ3n) is 1.27. The number of nitrogens with one attached hydrogen (secondary N) is 1. The van der Waals surface area contributed by atoms with Crippen LogP contribution < -0.4 is 5.32 Å². The zero-order valence-corrected chi connectivity index (χ0v) is 10.6. The number of rotatable bonds is 7. The number of carbonyl (C=O) groups is 2. The predicted octanol–water partition coefficient (Wildman–Crippen LogP) is -2.17. The van der Waals surface area contributed by atoms with E-state index in [-0.39, 0.29) is 0 Å². The summed E-state index contributed by atoms with van der Waals surface area (Å²) in [7, 11) is -4.10. The lowest BCUT2D eigenvalue weighted by Gasteiger charge is -2.07. The van der Waals surface area contributed by atoms with E-state index >= 15 is 0 Å². The molecular weight excluding hydrogens is 289 g/mol. The fourth-order valence-corrected chi connectivity index (χ4v) is 0.986. The largest absolute Gasteiger partial charge is 0.506 e. The summed E-state index contributed by atoms with van der Waals surface area (Å²) in [6.45, 7) is -1.43. The molecule has 7 N–H and O–H groups in total. The summed E-state index contributed by atoms with van der Waals surface area (Å²) in [5.74, 6) is -1.14. The normalized spacial score (nSPS) is 10.6. The van der Waals surface area contributed by atoms with Crippen molar-refractivity contribution in [3.05, 3.63) is 0 Å². The van der Waals surface area contributed by atoms with Crippen LogP contribution in [0.15, 0.2) is 0 Å². The highest BCUT2D eigenvalue weighted by molar-refractivity contribution is 7.51. The van der Waals surface area contributed by atoms with Gasteiger partial charge in [-0.1, -0.05) is 0 Å². The summed E-state index contributed by atoms with van der Waals surface area (Å²) in [6.07, 6.45) is -3.11. The number of hydrogen-bond donors (Lipinski definition) is 7. The Balaban J connectivity index is 0. The first-order chi connectivity index (χ1) is 8.62. The predicted molar refractivity (Wildman–Crippen MR) is 59.6 cm³/mol. The molecule has 114 valence electrons. The summed E-state index contributed by atoms with van der Waals surface area (Å²) in [5.41, 5.74) is 0. The van der Waals surface area contributed by atoms with E-state index in [4.69, 9.17) is 30.2 Å². The third-order valence-corrected chi connectivity index (χ3v) is 1.90. The van der Waals surface area contributed by atoms with Crippen LogP contribution in [0.25, 0.3) is 0 Å². The van der Waals surface area contributed by atoms with Crippen molar-refractivity contribution in [3.8, 4) is 0 Å². The van der Waals surface area contributed by atoms with Crippen LogP contribution in [0.4, 0.5) is 4.79 Å². The Hall–Kier alpha value is -1.23. The lowest BCUT2D eigenvalue weighted by atomic mass is 10.4. The second-order valence-electron chi connectivity index (χ2n) is 3.01. The molecule has 12 heteroatoms. The van der Waals surface area contributed by atoms with Crippen LogP contribution in [-0.4, -0.2) is 74.5 Å². The second kappa shape index (κ2) is 10.7. The second-order valence-corrected chi connectivity index (χ2v) is 4.66. The van der Waals surface area contributed by atoms with Gasteiger partial charge in [-0.25, -0.2) is 4.79 Å². The molecule has 0 fully saturated rings. The average Bonchev–Trinajstić information content (AvgIpc) is 2.24. The number of hydrogen-bond acceptors (Lipinski definition) is 7. The molecule has 0 saturated heterocycles. The molecule has 0 aromatic carbocycles. The van der Waals surface area contributed by atoms with Crippen molar-refractivity contribution >= 4 is 19.7 Å². The zero-order valence-electron chi connectivity index (χ0n) is 9.67. The Morgan fingerprint density at radius 2 is 1.63 bits per heavy atom. The van der Waals surface area contributed by atoms with Crippen molar-refractivity contribution in [3.63, 3.8) is 0 Å². The van der Waals surface area contributed by atoms with E-state index in [0.29, 0.717) is 0 Å². The van der Waals surface area contributed by atoms with E-state index in [1.807, 2.05) is 0 Å². The van der Waals surface area contributed by atoms with Crippen molar-refractivity contribution in [1.82, 2.24) is 5.32 Å². The van der Waals surface area contributed by atoms with Gasteiger partial charge in [-0.15, -0.1) is 0 Å².